The Bertz CT molecular complexity index is 988. The summed E-state index contributed by atoms with van der Waals surface area (Å²) in [4.78, 5) is 13.1. The van der Waals surface area contributed by atoms with E-state index >= 15 is 0 Å². The highest BCUT2D eigenvalue weighted by Gasteiger charge is 2.33. The van der Waals surface area contributed by atoms with Crippen molar-refractivity contribution in [1.29, 1.82) is 0 Å². The van der Waals surface area contributed by atoms with Gasteiger partial charge in [-0.15, -0.1) is 0 Å². The molecule has 0 aliphatic rings. The molecule has 0 heterocycles. The van der Waals surface area contributed by atoms with Crippen molar-refractivity contribution in [3.05, 3.63) is 101 Å². The minimum Gasteiger partial charge on any atom is -0.478 e. The quantitative estimate of drug-likeness (QED) is 0.456. The number of rotatable bonds is 8. The van der Waals surface area contributed by atoms with E-state index in [1.54, 1.807) is 13.8 Å². The van der Waals surface area contributed by atoms with Crippen molar-refractivity contribution < 1.29 is 13.9 Å². The lowest BCUT2D eigenvalue weighted by atomic mass is 9.86. The van der Waals surface area contributed by atoms with E-state index in [2.05, 4.69) is 17.4 Å². The van der Waals surface area contributed by atoms with Crippen LogP contribution < -0.4 is 10.1 Å². The van der Waals surface area contributed by atoms with Gasteiger partial charge in [0.2, 0.25) is 0 Å². The van der Waals surface area contributed by atoms with E-state index in [4.69, 9.17) is 16.3 Å². The van der Waals surface area contributed by atoms with Crippen LogP contribution in [0, 0.1) is 5.82 Å². The van der Waals surface area contributed by atoms with Crippen LogP contribution in [-0.4, -0.2) is 17.6 Å². The monoisotopic (exact) mass is 439 g/mol. The van der Waals surface area contributed by atoms with Crippen molar-refractivity contribution in [2.45, 2.75) is 44.8 Å². The number of carbonyl (C=O) groups excluding carboxylic acids is 1. The Kier molecular flexibility index (Phi) is 7.34. The number of amides is 1. The highest BCUT2D eigenvalue weighted by molar-refractivity contribution is 6.30. The van der Waals surface area contributed by atoms with Gasteiger partial charge in [-0.2, -0.15) is 0 Å². The molecule has 0 aliphatic carbocycles. The van der Waals surface area contributed by atoms with Crippen LogP contribution in [0.1, 0.15) is 37.8 Å². The van der Waals surface area contributed by atoms with E-state index in [0.717, 1.165) is 12.0 Å². The molecule has 2 unspecified atom stereocenters. The Labute approximate surface area is 188 Å². The number of nitrogens with one attached hydrogen (secondary N) is 1. The lowest BCUT2D eigenvalue weighted by Gasteiger charge is -2.31. The van der Waals surface area contributed by atoms with Crippen molar-refractivity contribution >= 4 is 17.5 Å². The highest BCUT2D eigenvalue weighted by atomic mass is 35.5. The molecule has 0 saturated carbocycles. The summed E-state index contributed by atoms with van der Waals surface area (Å²) >= 11 is 6.08. The van der Waals surface area contributed by atoms with E-state index in [0.29, 0.717) is 10.8 Å². The first kappa shape index (κ1) is 22.8. The zero-order valence-electron chi connectivity index (χ0n) is 17.9. The van der Waals surface area contributed by atoms with E-state index < -0.39 is 5.60 Å². The van der Waals surface area contributed by atoms with Crippen LogP contribution >= 0.6 is 11.6 Å². The van der Waals surface area contributed by atoms with Gasteiger partial charge < -0.3 is 10.1 Å². The second-order valence-corrected chi connectivity index (χ2v) is 8.61. The number of benzene rings is 3. The maximum atomic E-state index is 13.2. The Morgan fingerprint density at radius 2 is 1.61 bits per heavy atom. The van der Waals surface area contributed by atoms with Gasteiger partial charge in [-0.1, -0.05) is 54.1 Å². The van der Waals surface area contributed by atoms with Crippen LogP contribution in [0.15, 0.2) is 78.9 Å². The summed E-state index contributed by atoms with van der Waals surface area (Å²) in [6.07, 6.45) is 0.767. The average Bonchev–Trinajstić information content (AvgIpc) is 2.75. The van der Waals surface area contributed by atoms with Gasteiger partial charge in [-0.3, -0.25) is 4.79 Å². The summed E-state index contributed by atoms with van der Waals surface area (Å²) < 4.78 is 19.0. The molecule has 1 amide bonds. The Morgan fingerprint density at radius 1 is 1.00 bits per heavy atom. The number of carbonyl (C=O) groups is 1. The molecule has 3 aromatic carbocycles. The molecule has 3 rings (SSSR count). The zero-order valence-corrected chi connectivity index (χ0v) is 18.7. The van der Waals surface area contributed by atoms with Gasteiger partial charge in [0.05, 0.1) is 0 Å². The minimum absolute atomic E-state index is 0.0465. The fourth-order valence-electron chi connectivity index (χ4n) is 3.49. The lowest BCUT2D eigenvalue weighted by Crippen LogP contribution is -2.51. The Balaban J connectivity index is 1.76. The van der Waals surface area contributed by atoms with Gasteiger partial charge in [0.25, 0.3) is 5.91 Å². The summed E-state index contributed by atoms with van der Waals surface area (Å²) in [7, 11) is 0. The fraction of sp³-hybridized carbons (Fsp3) is 0.269. The standard InChI is InChI=1S/C26H27ClFNO2/c1-18(29-25(30)26(2,3)31-23-15-13-22(28)14-16-23)24(17-19-7-5-4-6-8-19)20-9-11-21(27)12-10-20/h4-16,18,24H,17H2,1-3H3,(H,29,30). The third-order valence-electron chi connectivity index (χ3n) is 5.29. The third kappa shape index (κ3) is 6.31. The molecule has 0 fully saturated rings. The van der Waals surface area contributed by atoms with Gasteiger partial charge in [-0.05, 0) is 74.7 Å². The molecule has 0 spiro atoms. The van der Waals surface area contributed by atoms with E-state index in [9.17, 15) is 9.18 Å². The first-order valence-electron chi connectivity index (χ1n) is 10.3. The first-order chi connectivity index (χ1) is 14.7. The molecule has 0 saturated heterocycles. The SMILES string of the molecule is CC(NC(=O)C(C)(C)Oc1ccc(F)cc1)C(Cc1ccccc1)c1ccc(Cl)cc1. The summed E-state index contributed by atoms with van der Waals surface area (Å²) in [5.74, 6) is -0.107. The normalized spacial score (nSPS) is 13.3. The maximum Gasteiger partial charge on any atom is 0.263 e. The molecule has 3 aromatic rings. The lowest BCUT2D eigenvalue weighted by molar-refractivity contribution is -0.135. The molecule has 2 atom stereocenters. The molecule has 0 aliphatic heterocycles. The maximum absolute atomic E-state index is 13.2. The molecule has 3 nitrogen and oxygen atoms in total. The van der Waals surface area contributed by atoms with Crippen LogP contribution in [0.3, 0.4) is 0 Å². The van der Waals surface area contributed by atoms with Crippen LogP contribution in [0.4, 0.5) is 4.39 Å². The van der Waals surface area contributed by atoms with E-state index in [-0.39, 0.29) is 23.7 Å². The van der Waals surface area contributed by atoms with Crippen LogP contribution in [0.2, 0.25) is 5.02 Å². The highest BCUT2D eigenvalue weighted by Crippen LogP contribution is 2.27. The van der Waals surface area contributed by atoms with Crippen molar-refractivity contribution in [3.8, 4) is 5.75 Å². The van der Waals surface area contributed by atoms with Gasteiger partial charge in [0.15, 0.2) is 5.60 Å². The Hall–Kier alpha value is -2.85. The zero-order chi connectivity index (χ0) is 22.4. The summed E-state index contributed by atoms with van der Waals surface area (Å²) in [6.45, 7) is 5.40. The molecular weight excluding hydrogens is 413 g/mol. The van der Waals surface area contributed by atoms with Crippen LogP contribution in [0.5, 0.6) is 5.75 Å². The fourth-order valence-corrected chi connectivity index (χ4v) is 3.61. The third-order valence-corrected chi connectivity index (χ3v) is 5.54. The predicted molar refractivity (Wildman–Crippen MR) is 123 cm³/mol. The summed E-state index contributed by atoms with van der Waals surface area (Å²) in [5, 5.41) is 3.79. The molecule has 0 aromatic heterocycles. The van der Waals surface area contributed by atoms with Crippen LogP contribution in [0.25, 0.3) is 0 Å². The van der Waals surface area contributed by atoms with Gasteiger partial charge in [-0.25, -0.2) is 4.39 Å². The van der Waals surface area contributed by atoms with Gasteiger partial charge >= 0.3 is 0 Å². The molecule has 0 bridgehead atoms. The number of ether oxygens (including phenoxy) is 1. The van der Waals surface area contributed by atoms with Crippen molar-refractivity contribution in [2.75, 3.05) is 0 Å². The minimum atomic E-state index is -1.12. The van der Waals surface area contributed by atoms with Gasteiger partial charge in [0, 0.05) is 17.0 Å². The van der Waals surface area contributed by atoms with Crippen molar-refractivity contribution in [2.24, 2.45) is 0 Å². The topological polar surface area (TPSA) is 38.3 Å². The second kappa shape index (κ2) is 9.97. The van der Waals surface area contributed by atoms with Gasteiger partial charge in [0.1, 0.15) is 11.6 Å². The second-order valence-electron chi connectivity index (χ2n) is 8.18. The number of hydrogen-bond donors (Lipinski definition) is 1. The predicted octanol–water partition coefficient (Wildman–Crippen LogP) is 6.17. The first-order valence-corrected chi connectivity index (χ1v) is 10.7. The molecule has 162 valence electrons. The van der Waals surface area contributed by atoms with Crippen LogP contribution in [-0.2, 0) is 11.2 Å². The smallest absolute Gasteiger partial charge is 0.263 e. The molecule has 31 heavy (non-hydrogen) atoms. The molecular formula is C26H27ClFNO2. The summed E-state index contributed by atoms with van der Waals surface area (Å²) in [5.41, 5.74) is 1.16. The van der Waals surface area contributed by atoms with E-state index in [1.165, 1.54) is 29.8 Å². The molecule has 5 heteroatoms. The molecule has 1 N–H and O–H groups in total. The largest absolute Gasteiger partial charge is 0.478 e. The number of hydrogen-bond acceptors (Lipinski definition) is 2. The van der Waals surface area contributed by atoms with E-state index in [1.807, 2.05) is 49.4 Å². The summed E-state index contributed by atoms with van der Waals surface area (Å²) in [6, 6.07) is 23.4. The van der Waals surface area contributed by atoms with Crippen molar-refractivity contribution in [1.82, 2.24) is 5.32 Å². The average molecular weight is 440 g/mol. The van der Waals surface area contributed by atoms with Crippen molar-refractivity contribution in [3.63, 3.8) is 0 Å². The molecule has 0 radical (unpaired) electrons. The Morgan fingerprint density at radius 3 is 2.23 bits per heavy atom. The number of halogens is 2.